The van der Waals surface area contributed by atoms with Crippen molar-refractivity contribution in [3.8, 4) is 0 Å². The highest BCUT2D eigenvalue weighted by atomic mass is 16.5. The lowest BCUT2D eigenvalue weighted by Crippen LogP contribution is -2.39. The van der Waals surface area contributed by atoms with Crippen LogP contribution in [0.1, 0.15) is 120 Å². The fraction of sp³-hybridized carbons (Fsp3) is 0.931. The topological polar surface area (TPSA) is 9.23 Å². The molecule has 7 atom stereocenters. The maximum atomic E-state index is 5.78. The van der Waals surface area contributed by atoms with E-state index in [1.54, 1.807) is 0 Å². The minimum atomic E-state index is 0. The molecular weight excluding hydrogens is 364 g/mol. The van der Waals surface area contributed by atoms with Crippen molar-refractivity contribution < 1.29 is 6.16 Å². The van der Waals surface area contributed by atoms with Gasteiger partial charge in [0, 0.05) is 14.0 Å². The van der Waals surface area contributed by atoms with Crippen LogP contribution in [0.15, 0.2) is 11.6 Å². The van der Waals surface area contributed by atoms with E-state index < -0.39 is 0 Å². The number of fused-ring (bicyclic) bond motifs is 1. The van der Waals surface area contributed by atoms with Gasteiger partial charge in [0.1, 0.15) is 0 Å². The van der Waals surface area contributed by atoms with Gasteiger partial charge < -0.3 is 4.74 Å². The third-order valence-electron chi connectivity index (χ3n) is 10.7. The standard InChI is InChI=1S/C27H44O.C2H6.H2/c1-24(2,3)14-7-6-8-19-9-10-22-25(19,4)15-13-23-26-17-12-21(28-5)18-20(26)11-16-27(22,23)26;1-2;/h11,19,21-23H,6-10,12-18H2,1-5H3;1-2H3;1H. The zero-order chi connectivity index (χ0) is 21.8. The van der Waals surface area contributed by atoms with Crippen molar-refractivity contribution in [3.05, 3.63) is 11.6 Å². The fourth-order valence-electron chi connectivity index (χ4n) is 9.52. The highest BCUT2D eigenvalue weighted by molar-refractivity contribution is 5.46. The second-order valence-corrected chi connectivity index (χ2v) is 12.8. The second-order valence-electron chi connectivity index (χ2n) is 12.8. The first kappa shape index (κ1) is 22.9. The molecule has 5 aliphatic carbocycles. The molecule has 4 fully saturated rings. The number of ether oxygens (including phenoxy) is 1. The maximum Gasteiger partial charge on any atom is 0.0609 e. The summed E-state index contributed by atoms with van der Waals surface area (Å²) in [6.45, 7) is 13.9. The molecule has 0 amide bonds. The molecule has 174 valence electrons. The SMILES string of the molecule is CC.COC1CCC23C(=CCC24C2CCC(CCCCC(C)(C)C)C2(C)CCC34)C1.[HH]. The molecule has 30 heavy (non-hydrogen) atoms. The lowest BCUT2D eigenvalue weighted by Gasteiger charge is -2.45. The third kappa shape index (κ3) is 3.11. The molecule has 0 aromatic rings. The van der Waals surface area contributed by atoms with E-state index >= 15 is 0 Å². The van der Waals surface area contributed by atoms with Crippen LogP contribution in [0.5, 0.6) is 0 Å². The molecule has 7 unspecified atom stereocenters. The van der Waals surface area contributed by atoms with E-state index in [0.717, 1.165) is 17.8 Å². The van der Waals surface area contributed by atoms with E-state index in [0.29, 0.717) is 27.8 Å². The van der Waals surface area contributed by atoms with Gasteiger partial charge in [-0.15, -0.1) is 0 Å². The molecule has 2 spiro atoms. The van der Waals surface area contributed by atoms with E-state index in [9.17, 15) is 0 Å². The number of allylic oxidation sites excluding steroid dienone is 1. The molecule has 1 heteroatoms. The molecular formula is C29H52O. The van der Waals surface area contributed by atoms with E-state index in [1.165, 1.54) is 77.0 Å². The van der Waals surface area contributed by atoms with Gasteiger partial charge >= 0.3 is 0 Å². The molecule has 0 bridgehead atoms. The summed E-state index contributed by atoms with van der Waals surface area (Å²) < 4.78 is 5.78. The van der Waals surface area contributed by atoms with E-state index in [2.05, 4.69) is 33.8 Å². The summed E-state index contributed by atoms with van der Waals surface area (Å²) in [6.07, 6.45) is 20.5. The monoisotopic (exact) mass is 416 g/mol. The van der Waals surface area contributed by atoms with Gasteiger partial charge in [0.25, 0.3) is 0 Å². The molecule has 0 aromatic carbocycles. The summed E-state index contributed by atoms with van der Waals surface area (Å²) >= 11 is 0. The third-order valence-corrected chi connectivity index (χ3v) is 10.7. The van der Waals surface area contributed by atoms with Crippen LogP contribution >= 0.6 is 0 Å². The van der Waals surface area contributed by atoms with E-state index in [1.807, 2.05) is 26.5 Å². The Morgan fingerprint density at radius 3 is 2.50 bits per heavy atom. The first-order valence-electron chi connectivity index (χ1n) is 13.5. The van der Waals surface area contributed by atoms with Crippen LogP contribution in [0.3, 0.4) is 0 Å². The Morgan fingerprint density at radius 1 is 1.03 bits per heavy atom. The van der Waals surface area contributed by atoms with Gasteiger partial charge in [-0.05, 0) is 98.2 Å². The maximum absolute atomic E-state index is 5.78. The lowest BCUT2D eigenvalue weighted by molar-refractivity contribution is 0.0285. The van der Waals surface area contributed by atoms with Crippen LogP contribution in [0.25, 0.3) is 0 Å². The molecule has 4 saturated carbocycles. The summed E-state index contributed by atoms with van der Waals surface area (Å²) in [6, 6.07) is 0. The number of hydrogen-bond donors (Lipinski definition) is 0. The van der Waals surface area contributed by atoms with Crippen LogP contribution in [0.4, 0.5) is 0 Å². The Labute approximate surface area is 189 Å². The zero-order valence-electron chi connectivity index (χ0n) is 21.3. The Balaban J connectivity index is 0.000000883. The molecule has 5 rings (SSSR count). The Hall–Kier alpha value is -0.300. The second kappa shape index (κ2) is 7.93. The Kier molecular flexibility index (Phi) is 6.05. The normalized spacial score (nSPS) is 46.0. The molecule has 5 aliphatic rings. The van der Waals surface area contributed by atoms with Gasteiger partial charge in [0.2, 0.25) is 0 Å². The molecule has 0 aliphatic heterocycles. The summed E-state index contributed by atoms with van der Waals surface area (Å²) in [7, 11) is 1.92. The van der Waals surface area contributed by atoms with Crippen LogP contribution < -0.4 is 0 Å². The van der Waals surface area contributed by atoms with Crippen molar-refractivity contribution in [2.24, 2.45) is 39.4 Å². The van der Waals surface area contributed by atoms with Crippen molar-refractivity contribution in [3.63, 3.8) is 0 Å². The number of unbranched alkanes of at least 4 members (excludes halogenated alkanes) is 1. The lowest BCUT2D eigenvalue weighted by atomic mass is 9.59. The summed E-state index contributed by atoms with van der Waals surface area (Å²) in [5.41, 5.74) is 4.31. The smallest absolute Gasteiger partial charge is 0.0609 e. The van der Waals surface area contributed by atoms with Gasteiger partial charge in [0.15, 0.2) is 0 Å². The van der Waals surface area contributed by atoms with Crippen molar-refractivity contribution in [2.45, 2.75) is 125 Å². The van der Waals surface area contributed by atoms with Crippen molar-refractivity contribution in [1.82, 2.24) is 0 Å². The Bertz CT molecular complexity index is 662. The first-order valence-corrected chi connectivity index (χ1v) is 13.5. The highest BCUT2D eigenvalue weighted by Gasteiger charge is 2.84. The zero-order valence-corrected chi connectivity index (χ0v) is 21.3. The van der Waals surface area contributed by atoms with Crippen LogP contribution in [0, 0.1) is 39.4 Å². The van der Waals surface area contributed by atoms with Gasteiger partial charge in [-0.1, -0.05) is 66.0 Å². The summed E-state index contributed by atoms with van der Waals surface area (Å²) in [5, 5.41) is 0. The first-order chi connectivity index (χ1) is 14.3. The average Bonchev–Trinajstić information content (AvgIpc) is 2.96. The summed E-state index contributed by atoms with van der Waals surface area (Å²) in [5.74, 6) is 3.06. The minimum absolute atomic E-state index is 0. The fourth-order valence-corrected chi connectivity index (χ4v) is 9.52. The summed E-state index contributed by atoms with van der Waals surface area (Å²) in [4.78, 5) is 0. The van der Waals surface area contributed by atoms with Gasteiger partial charge in [0.05, 0.1) is 6.10 Å². The van der Waals surface area contributed by atoms with Crippen molar-refractivity contribution in [1.29, 1.82) is 0 Å². The molecule has 1 nitrogen and oxygen atoms in total. The van der Waals surface area contributed by atoms with Crippen LogP contribution in [-0.2, 0) is 4.74 Å². The van der Waals surface area contributed by atoms with Gasteiger partial charge in [-0.25, -0.2) is 0 Å². The van der Waals surface area contributed by atoms with E-state index in [-0.39, 0.29) is 1.43 Å². The largest absolute Gasteiger partial charge is 0.381 e. The van der Waals surface area contributed by atoms with Crippen LogP contribution in [-0.4, -0.2) is 13.2 Å². The molecule has 0 radical (unpaired) electrons. The van der Waals surface area contributed by atoms with Crippen molar-refractivity contribution in [2.75, 3.05) is 7.11 Å². The predicted octanol–water partition coefficient (Wildman–Crippen LogP) is 8.82. The number of hydrogen-bond acceptors (Lipinski definition) is 1. The van der Waals surface area contributed by atoms with Crippen LogP contribution in [0.2, 0.25) is 0 Å². The predicted molar refractivity (Wildman–Crippen MR) is 131 cm³/mol. The van der Waals surface area contributed by atoms with Gasteiger partial charge in [-0.2, -0.15) is 0 Å². The number of rotatable bonds is 5. The minimum Gasteiger partial charge on any atom is -0.381 e. The van der Waals surface area contributed by atoms with E-state index in [4.69, 9.17) is 4.74 Å². The number of methoxy groups -OCH3 is 1. The molecule has 0 saturated heterocycles. The highest BCUT2D eigenvalue weighted by Crippen LogP contribution is 2.90. The quantitative estimate of drug-likeness (QED) is 0.321. The molecule has 0 aromatic heterocycles. The molecule has 0 heterocycles. The molecule has 0 N–H and O–H groups in total. The average molecular weight is 417 g/mol. The Morgan fingerprint density at radius 2 is 1.80 bits per heavy atom. The van der Waals surface area contributed by atoms with Crippen molar-refractivity contribution >= 4 is 0 Å². The van der Waals surface area contributed by atoms with Gasteiger partial charge in [-0.3, -0.25) is 0 Å².